The molecule has 0 saturated heterocycles. The van der Waals surface area contributed by atoms with Crippen LogP contribution in [0.15, 0.2) is 209 Å². The predicted octanol–water partition coefficient (Wildman–Crippen LogP) is 14.1. The first-order valence-corrected chi connectivity index (χ1v) is 20.5. The van der Waals surface area contributed by atoms with Crippen LogP contribution >= 0.6 is 0 Å². The Bertz CT molecular complexity index is 3410. The number of aromatic nitrogens is 5. The maximum Gasteiger partial charge on any atom is 0.164 e. The number of hydrogen-bond acceptors (Lipinski definition) is 7. The van der Waals surface area contributed by atoms with E-state index in [9.17, 15) is 0 Å². The van der Waals surface area contributed by atoms with Gasteiger partial charge in [-0.1, -0.05) is 133 Å². The second kappa shape index (κ2) is 14.6. The van der Waals surface area contributed by atoms with Crippen molar-refractivity contribution in [3.05, 3.63) is 200 Å². The fourth-order valence-electron chi connectivity index (χ4n) is 8.26. The third-order valence-electron chi connectivity index (χ3n) is 11.3. The summed E-state index contributed by atoms with van der Waals surface area (Å²) in [5.41, 5.74) is 12.6. The van der Waals surface area contributed by atoms with E-state index >= 15 is 0 Å². The molecule has 0 saturated carbocycles. The van der Waals surface area contributed by atoms with Gasteiger partial charge in [0, 0.05) is 54.9 Å². The van der Waals surface area contributed by atoms with E-state index in [1.807, 2.05) is 115 Å². The molecule has 12 rings (SSSR count). The van der Waals surface area contributed by atoms with Crippen LogP contribution in [0.2, 0.25) is 0 Å². The molecular weight excluding hydrogens is 763 g/mol. The van der Waals surface area contributed by atoms with Gasteiger partial charge < -0.3 is 8.83 Å². The van der Waals surface area contributed by atoms with Gasteiger partial charge in [0.15, 0.2) is 23.3 Å². The minimum atomic E-state index is 0.579. The van der Waals surface area contributed by atoms with Crippen LogP contribution in [0.25, 0.3) is 123 Å². The highest BCUT2D eigenvalue weighted by molar-refractivity contribution is 6.07. The Hall–Kier alpha value is -8.55. The highest BCUT2D eigenvalue weighted by Crippen LogP contribution is 2.36. The van der Waals surface area contributed by atoms with Gasteiger partial charge in [-0.3, -0.25) is 0 Å². The molecular formula is C55H33N5O2. The maximum atomic E-state index is 6.15. The smallest absolute Gasteiger partial charge is 0.164 e. The number of furan rings is 2. The van der Waals surface area contributed by atoms with Gasteiger partial charge in [-0.05, 0) is 77.9 Å². The zero-order chi connectivity index (χ0) is 41.0. The summed E-state index contributed by atoms with van der Waals surface area (Å²) in [5.74, 6) is 2.39. The molecule has 0 amide bonds. The van der Waals surface area contributed by atoms with Gasteiger partial charge in [0.2, 0.25) is 0 Å². The van der Waals surface area contributed by atoms with Crippen molar-refractivity contribution in [2.75, 3.05) is 0 Å². The monoisotopic (exact) mass is 795 g/mol. The van der Waals surface area contributed by atoms with E-state index in [-0.39, 0.29) is 0 Å². The van der Waals surface area contributed by atoms with Crippen LogP contribution in [-0.4, -0.2) is 24.9 Å². The third kappa shape index (κ3) is 6.36. The Morgan fingerprint density at radius 2 is 0.613 bits per heavy atom. The van der Waals surface area contributed by atoms with Crippen LogP contribution < -0.4 is 0 Å². The van der Waals surface area contributed by atoms with Gasteiger partial charge in [-0.15, -0.1) is 0 Å². The van der Waals surface area contributed by atoms with Crippen molar-refractivity contribution < 1.29 is 8.83 Å². The van der Waals surface area contributed by atoms with Gasteiger partial charge in [-0.2, -0.15) is 0 Å². The summed E-state index contributed by atoms with van der Waals surface area (Å²) in [7, 11) is 0. The molecule has 0 atom stereocenters. The van der Waals surface area contributed by atoms with Gasteiger partial charge in [0.1, 0.15) is 22.3 Å². The first-order valence-electron chi connectivity index (χ1n) is 20.5. The molecule has 0 N–H and O–H groups in total. The van der Waals surface area contributed by atoms with Gasteiger partial charge in [0.05, 0.1) is 11.4 Å². The Morgan fingerprint density at radius 3 is 1.19 bits per heavy atom. The second-order valence-corrected chi connectivity index (χ2v) is 15.3. The van der Waals surface area contributed by atoms with E-state index in [4.69, 9.17) is 33.8 Å². The van der Waals surface area contributed by atoms with Crippen molar-refractivity contribution in [2.24, 2.45) is 0 Å². The lowest BCUT2D eigenvalue weighted by Crippen LogP contribution is -2.00. The molecule has 12 aromatic rings. The summed E-state index contributed by atoms with van der Waals surface area (Å²) < 4.78 is 12.3. The highest BCUT2D eigenvalue weighted by atomic mass is 16.3. The Balaban J connectivity index is 0.951. The first kappa shape index (κ1) is 35.4. The molecule has 0 aliphatic carbocycles. The number of hydrogen-bond donors (Lipinski definition) is 0. The summed E-state index contributed by atoms with van der Waals surface area (Å²) in [5, 5.41) is 4.19. The molecule has 290 valence electrons. The molecule has 4 aromatic heterocycles. The quantitative estimate of drug-likeness (QED) is 0.159. The normalized spacial score (nSPS) is 11.5. The Morgan fingerprint density at radius 1 is 0.226 bits per heavy atom. The third-order valence-corrected chi connectivity index (χ3v) is 11.3. The summed E-state index contributed by atoms with van der Waals surface area (Å²) in [6, 6.07) is 67.7. The van der Waals surface area contributed by atoms with E-state index in [1.54, 1.807) is 0 Å². The molecule has 0 fully saturated rings. The van der Waals surface area contributed by atoms with Crippen LogP contribution in [-0.2, 0) is 0 Å². The average Bonchev–Trinajstić information content (AvgIpc) is 3.92. The summed E-state index contributed by atoms with van der Waals surface area (Å²) in [6.45, 7) is 0. The molecule has 0 radical (unpaired) electrons. The minimum Gasteiger partial charge on any atom is -0.456 e. The lowest BCUT2D eigenvalue weighted by atomic mass is 10.00. The fourth-order valence-corrected chi connectivity index (χ4v) is 8.26. The summed E-state index contributed by atoms with van der Waals surface area (Å²) in [4.78, 5) is 25.5. The van der Waals surface area contributed by atoms with Gasteiger partial charge in [0.25, 0.3) is 0 Å². The lowest BCUT2D eigenvalue weighted by molar-refractivity contribution is 0.668. The van der Waals surface area contributed by atoms with Crippen molar-refractivity contribution in [3.8, 4) is 79.2 Å². The first-order chi connectivity index (χ1) is 30.7. The molecule has 0 bridgehead atoms. The van der Waals surface area contributed by atoms with Crippen LogP contribution in [0, 0.1) is 0 Å². The molecule has 0 aliphatic rings. The highest BCUT2D eigenvalue weighted by Gasteiger charge is 2.17. The number of rotatable bonds is 7. The zero-order valence-electron chi connectivity index (χ0n) is 33.1. The predicted molar refractivity (Wildman–Crippen MR) is 248 cm³/mol. The maximum absolute atomic E-state index is 6.15. The Kier molecular flexibility index (Phi) is 8.35. The van der Waals surface area contributed by atoms with E-state index in [2.05, 4.69) is 84.9 Å². The molecule has 62 heavy (non-hydrogen) atoms. The lowest BCUT2D eigenvalue weighted by Gasteiger charge is -2.12. The number of para-hydroxylation sites is 2. The number of nitrogens with zero attached hydrogens (tertiary/aromatic N) is 5. The van der Waals surface area contributed by atoms with Crippen molar-refractivity contribution in [2.45, 2.75) is 0 Å². The minimum absolute atomic E-state index is 0.579. The topological polar surface area (TPSA) is 90.7 Å². The van der Waals surface area contributed by atoms with Crippen molar-refractivity contribution >= 4 is 43.9 Å². The van der Waals surface area contributed by atoms with Crippen LogP contribution in [0.4, 0.5) is 0 Å². The van der Waals surface area contributed by atoms with Crippen molar-refractivity contribution in [3.63, 3.8) is 0 Å². The molecule has 0 aliphatic heterocycles. The van der Waals surface area contributed by atoms with Crippen molar-refractivity contribution in [1.29, 1.82) is 0 Å². The van der Waals surface area contributed by atoms with E-state index in [0.29, 0.717) is 23.3 Å². The van der Waals surface area contributed by atoms with E-state index in [1.165, 1.54) is 0 Å². The second-order valence-electron chi connectivity index (χ2n) is 15.3. The largest absolute Gasteiger partial charge is 0.456 e. The molecule has 0 spiro atoms. The molecule has 7 heteroatoms. The molecule has 8 aromatic carbocycles. The molecule has 0 unspecified atom stereocenters. The fraction of sp³-hybridized carbons (Fsp3) is 0. The van der Waals surface area contributed by atoms with Crippen LogP contribution in [0.3, 0.4) is 0 Å². The van der Waals surface area contributed by atoms with Crippen LogP contribution in [0.5, 0.6) is 0 Å². The number of benzene rings is 8. The van der Waals surface area contributed by atoms with E-state index < -0.39 is 0 Å². The average molecular weight is 796 g/mol. The molecule has 4 heterocycles. The zero-order valence-corrected chi connectivity index (χ0v) is 33.1. The van der Waals surface area contributed by atoms with Crippen molar-refractivity contribution in [1.82, 2.24) is 24.9 Å². The summed E-state index contributed by atoms with van der Waals surface area (Å²) >= 11 is 0. The summed E-state index contributed by atoms with van der Waals surface area (Å²) in [6.07, 6.45) is 0. The van der Waals surface area contributed by atoms with E-state index in [0.717, 1.165) is 99.8 Å². The SMILES string of the molecule is c1ccc(-c2cc(-c3ccc4oc5ccccc5c4c3)nc(-c3cccc(-c4cccc(-c5nc(-c6ccccc6)nc(-c6ccc7oc8ccccc8c7c6)n5)c4)c3)n2)cc1. The van der Waals surface area contributed by atoms with Gasteiger partial charge >= 0.3 is 0 Å². The Labute approximate surface area is 355 Å². The molecule has 7 nitrogen and oxygen atoms in total. The standard InChI is InChI=1S/C55H33N5O2/c1-3-13-34(14-4-1)46-33-47(38-25-27-50-44(31-38)42-21-7-9-23-48(42)61-50)57-53(56-46)39-19-11-17-36(29-39)37-18-12-20-40(30-37)54-58-52(35-15-5-2-6-16-35)59-55(60-54)41-26-28-51-45(32-41)43-22-8-10-24-49(43)62-51/h1-33H. The van der Waals surface area contributed by atoms with Crippen LogP contribution in [0.1, 0.15) is 0 Å². The number of fused-ring (bicyclic) bond motifs is 6. The van der Waals surface area contributed by atoms with Gasteiger partial charge in [-0.25, -0.2) is 24.9 Å².